The summed E-state index contributed by atoms with van der Waals surface area (Å²) in [7, 11) is 0. The highest BCUT2D eigenvalue weighted by Crippen LogP contribution is 2.33. The van der Waals surface area contributed by atoms with Crippen LogP contribution in [-0.4, -0.2) is 21.1 Å². The van der Waals surface area contributed by atoms with Crippen molar-refractivity contribution in [3.63, 3.8) is 0 Å². The number of nitrogens with zero attached hydrogens (tertiary/aromatic N) is 2. The summed E-state index contributed by atoms with van der Waals surface area (Å²) < 4.78 is 0. The second-order valence-corrected chi connectivity index (χ2v) is 6.23. The van der Waals surface area contributed by atoms with E-state index in [0.717, 1.165) is 10.6 Å². The third kappa shape index (κ3) is 3.24. The van der Waals surface area contributed by atoms with Gasteiger partial charge in [-0.05, 0) is 29.8 Å². The Bertz CT molecular complexity index is 1150. The molecular formula is C22H18N4O2. The number of hydrogen-bond acceptors (Lipinski definition) is 4. The van der Waals surface area contributed by atoms with Crippen LogP contribution in [-0.2, 0) is 4.79 Å². The summed E-state index contributed by atoms with van der Waals surface area (Å²) in [6.45, 7) is 0. The minimum atomic E-state index is -0.532. The van der Waals surface area contributed by atoms with E-state index in [0.29, 0.717) is 33.5 Å². The maximum atomic E-state index is 12.1. The number of pyridine rings is 1. The van der Waals surface area contributed by atoms with Crippen LogP contribution in [0, 0.1) is 0 Å². The molecule has 0 saturated carbocycles. The molecular weight excluding hydrogens is 352 g/mol. The molecule has 2 aromatic carbocycles. The first kappa shape index (κ1) is 17.5. The molecule has 0 fully saturated rings. The molecule has 0 unspecified atom stereocenters. The number of nitrogens with one attached hydrogen (secondary N) is 1. The normalized spacial score (nSPS) is 11.5. The number of aromatic amines is 1. The lowest BCUT2D eigenvalue weighted by Gasteiger charge is -2.18. The second-order valence-electron chi connectivity index (χ2n) is 6.23. The first-order valence-corrected chi connectivity index (χ1v) is 8.72. The molecule has 0 saturated heterocycles. The maximum absolute atomic E-state index is 12.1. The Balaban J connectivity index is 1.88. The van der Waals surface area contributed by atoms with Crippen molar-refractivity contribution < 1.29 is 10.0 Å². The average Bonchev–Trinajstić information content (AvgIpc) is 3.15. The minimum absolute atomic E-state index is 0.375. The second kappa shape index (κ2) is 7.38. The van der Waals surface area contributed by atoms with Gasteiger partial charge in [0.2, 0.25) is 5.91 Å². The number of para-hydroxylation sites is 1. The van der Waals surface area contributed by atoms with Crippen molar-refractivity contribution in [3.8, 4) is 0 Å². The number of carbonyl (C=O) groups excluding carboxylic acids is 1. The van der Waals surface area contributed by atoms with Crippen LogP contribution in [0.2, 0.25) is 0 Å². The Labute approximate surface area is 161 Å². The number of fused-ring (bicyclic) bond motifs is 1. The molecule has 2 aromatic heterocycles. The lowest BCUT2D eigenvalue weighted by molar-refractivity contribution is -0.112. The number of anilines is 2. The number of carbonyl (C=O) groups is 1. The van der Waals surface area contributed by atoms with Crippen LogP contribution in [0.15, 0.2) is 79.1 Å². The van der Waals surface area contributed by atoms with Gasteiger partial charge in [-0.2, -0.15) is 0 Å². The van der Waals surface area contributed by atoms with Crippen LogP contribution in [0.1, 0.15) is 11.1 Å². The van der Waals surface area contributed by atoms with Crippen LogP contribution in [0.3, 0.4) is 0 Å². The Morgan fingerprint density at radius 2 is 1.71 bits per heavy atom. The van der Waals surface area contributed by atoms with Crippen molar-refractivity contribution >= 4 is 40.0 Å². The number of aromatic nitrogens is 2. The molecule has 1 amide bonds. The SMILES string of the molecule is NC(=O)C(=Cc1c[nH]c2nccc(N(O)c3ccccc3)c12)c1ccccc1. The molecule has 4 N–H and O–H groups in total. The van der Waals surface area contributed by atoms with E-state index in [9.17, 15) is 10.0 Å². The lowest BCUT2D eigenvalue weighted by Crippen LogP contribution is -2.13. The van der Waals surface area contributed by atoms with Crippen LogP contribution in [0.25, 0.3) is 22.7 Å². The number of amides is 1. The van der Waals surface area contributed by atoms with Crippen molar-refractivity contribution in [3.05, 3.63) is 90.3 Å². The fraction of sp³-hybridized carbons (Fsp3) is 0. The summed E-state index contributed by atoms with van der Waals surface area (Å²) in [5, 5.41) is 12.6. The summed E-state index contributed by atoms with van der Waals surface area (Å²) in [6.07, 6.45) is 5.06. The first-order chi connectivity index (χ1) is 13.6. The molecule has 0 radical (unpaired) electrons. The van der Waals surface area contributed by atoms with E-state index in [1.54, 1.807) is 36.7 Å². The molecule has 0 aliphatic rings. The molecule has 0 aliphatic carbocycles. The van der Waals surface area contributed by atoms with E-state index in [1.807, 2.05) is 48.5 Å². The summed E-state index contributed by atoms with van der Waals surface area (Å²) >= 11 is 0. The highest BCUT2D eigenvalue weighted by atomic mass is 16.5. The van der Waals surface area contributed by atoms with E-state index in [1.165, 1.54) is 0 Å². The predicted octanol–water partition coefficient (Wildman–Crippen LogP) is 4.12. The number of primary amides is 1. The van der Waals surface area contributed by atoms with E-state index in [-0.39, 0.29) is 0 Å². The van der Waals surface area contributed by atoms with Gasteiger partial charge in [0.05, 0.1) is 16.8 Å². The Hall–Kier alpha value is -3.90. The average molecular weight is 370 g/mol. The summed E-state index contributed by atoms with van der Waals surface area (Å²) in [5.74, 6) is -0.532. The van der Waals surface area contributed by atoms with Crippen LogP contribution in [0.5, 0.6) is 0 Å². The van der Waals surface area contributed by atoms with Gasteiger partial charge in [0.15, 0.2) is 0 Å². The number of benzene rings is 2. The molecule has 138 valence electrons. The molecule has 0 aliphatic heterocycles. The molecule has 6 heteroatoms. The number of H-pyrrole nitrogens is 1. The molecule has 4 rings (SSSR count). The highest BCUT2D eigenvalue weighted by Gasteiger charge is 2.16. The number of rotatable bonds is 5. The molecule has 28 heavy (non-hydrogen) atoms. The van der Waals surface area contributed by atoms with Gasteiger partial charge >= 0.3 is 0 Å². The van der Waals surface area contributed by atoms with Gasteiger partial charge in [-0.1, -0.05) is 48.5 Å². The van der Waals surface area contributed by atoms with Crippen LogP contribution in [0.4, 0.5) is 11.4 Å². The zero-order chi connectivity index (χ0) is 19.5. The van der Waals surface area contributed by atoms with E-state index < -0.39 is 5.91 Å². The molecule has 0 atom stereocenters. The monoisotopic (exact) mass is 370 g/mol. The Morgan fingerprint density at radius 1 is 1.04 bits per heavy atom. The van der Waals surface area contributed by atoms with Crippen molar-refractivity contribution in [2.24, 2.45) is 5.73 Å². The zero-order valence-corrected chi connectivity index (χ0v) is 14.9. The smallest absolute Gasteiger partial charge is 0.249 e. The first-order valence-electron chi connectivity index (χ1n) is 8.72. The van der Waals surface area contributed by atoms with Gasteiger partial charge in [-0.25, -0.2) is 10.0 Å². The minimum Gasteiger partial charge on any atom is -0.366 e. The zero-order valence-electron chi connectivity index (χ0n) is 14.9. The molecule has 6 nitrogen and oxygen atoms in total. The quantitative estimate of drug-likeness (QED) is 0.364. The molecule has 0 bridgehead atoms. The summed E-state index contributed by atoms with van der Waals surface area (Å²) in [5.41, 5.74) is 9.17. The van der Waals surface area contributed by atoms with Crippen molar-refractivity contribution in [2.45, 2.75) is 0 Å². The number of nitrogens with two attached hydrogens (primary N) is 1. The van der Waals surface area contributed by atoms with Crippen LogP contribution < -0.4 is 10.8 Å². The lowest BCUT2D eigenvalue weighted by atomic mass is 10.0. The van der Waals surface area contributed by atoms with Crippen molar-refractivity contribution in [1.29, 1.82) is 0 Å². The third-order valence-corrected chi connectivity index (χ3v) is 4.46. The van der Waals surface area contributed by atoms with Crippen molar-refractivity contribution in [1.82, 2.24) is 9.97 Å². The van der Waals surface area contributed by atoms with E-state index in [4.69, 9.17) is 5.73 Å². The Kier molecular flexibility index (Phi) is 4.62. The fourth-order valence-electron chi connectivity index (χ4n) is 3.13. The largest absolute Gasteiger partial charge is 0.366 e. The molecule has 2 heterocycles. The third-order valence-electron chi connectivity index (χ3n) is 4.46. The van der Waals surface area contributed by atoms with E-state index in [2.05, 4.69) is 9.97 Å². The fourth-order valence-corrected chi connectivity index (χ4v) is 3.13. The van der Waals surface area contributed by atoms with Gasteiger partial charge in [0, 0.05) is 23.5 Å². The van der Waals surface area contributed by atoms with Gasteiger partial charge in [-0.3, -0.25) is 10.0 Å². The maximum Gasteiger partial charge on any atom is 0.249 e. The van der Waals surface area contributed by atoms with Gasteiger partial charge in [0.25, 0.3) is 0 Å². The predicted molar refractivity (Wildman–Crippen MR) is 110 cm³/mol. The van der Waals surface area contributed by atoms with Gasteiger partial charge in [-0.15, -0.1) is 0 Å². The van der Waals surface area contributed by atoms with Crippen LogP contribution >= 0.6 is 0 Å². The van der Waals surface area contributed by atoms with Gasteiger partial charge in [0.1, 0.15) is 5.65 Å². The molecule has 4 aromatic rings. The van der Waals surface area contributed by atoms with Crippen molar-refractivity contribution in [2.75, 3.05) is 5.06 Å². The molecule has 0 spiro atoms. The Morgan fingerprint density at radius 3 is 2.39 bits per heavy atom. The van der Waals surface area contributed by atoms with E-state index >= 15 is 0 Å². The standard InChI is InChI=1S/C22H18N4O2/c23-21(27)18(15-7-3-1-4-8-15)13-16-14-25-22-20(16)19(11-12-24-22)26(28)17-9-5-2-6-10-17/h1-14,28H,(H2,23,27)(H,24,25). The topological polar surface area (TPSA) is 95.2 Å². The highest BCUT2D eigenvalue weighted by molar-refractivity contribution is 6.24. The van der Waals surface area contributed by atoms with Gasteiger partial charge < -0.3 is 10.7 Å². The summed E-state index contributed by atoms with van der Waals surface area (Å²) in [4.78, 5) is 19.5. The summed E-state index contributed by atoms with van der Waals surface area (Å²) in [6, 6.07) is 20.1. The number of hydrogen-bond donors (Lipinski definition) is 3.